The van der Waals surface area contributed by atoms with Crippen molar-refractivity contribution in [1.29, 1.82) is 0 Å². The lowest BCUT2D eigenvalue weighted by atomic mass is 10.2. The van der Waals surface area contributed by atoms with Crippen molar-refractivity contribution in [3.8, 4) is 0 Å². The molecular formula is C18H26O8. The predicted octanol–water partition coefficient (Wildman–Crippen LogP) is 1.58. The van der Waals surface area contributed by atoms with Crippen LogP contribution in [0.25, 0.3) is 0 Å². The summed E-state index contributed by atoms with van der Waals surface area (Å²) >= 11 is 0. The first-order valence-electron chi connectivity index (χ1n) is 8.18. The van der Waals surface area contributed by atoms with Gasteiger partial charge in [0.2, 0.25) is 0 Å². The molecule has 0 bridgehead atoms. The monoisotopic (exact) mass is 370 g/mol. The number of hydrogen-bond donors (Lipinski definition) is 0. The number of ether oxygens (including phenoxy) is 4. The second-order valence-electron chi connectivity index (χ2n) is 5.74. The van der Waals surface area contributed by atoms with Crippen molar-refractivity contribution >= 4 is 23.9 Å². The fraction of sp³-hybridized carbons (Fsp3) is 0.556. The van der Waals surface area contributed by atoms with Crippen molar-refractivity contribution in [2.24, 2.45) is 11.8 Å². The zero-order valence-electron chi connectivity index (χ0n) is 15.2. The molecule has 0 amide bonds. The molecule has 8 nitrogen and oxygen atoms in total. The van der Waals surface area contributed by atoms with Gasteiger partial charge < -0.3 is 18.9 Å². The Balaban J connectivity index is 3.82. The summed E-state index contributed by atoms with van der Waals surface area (Å²) < 4.78 is 19.6. The van der Waals surface area contributed by atoms with Gasteiger partial charge in [-0.15, -0.1) is 0 Å². The predicted molar refractivity (Wildman–Crippen MR) is 91.8 cm³/mol. The second kappa shape index (κ2) is 13.6. The second-order valence-corrected chi connectivity index (χ2v) is 5.74. The van der Waals surface area contributed by atoms with Gasteiger partial charge in [-0.1, -0.05) is 27.0 Å². The first-order chi connectivity index (χ1) is 12.3. The Labute approximate surface area is 153 Å². The van der Waals surface area contributed by atoms with E-state index in [1.54, 1.807) is 13.8 Å². The highest BCUT2D eigenvalue weighted by Crippen LogP contribution is 2.03. The lowest BCUT2D eigenvalue weighted by molar-refractivity contribution is -0.153. The molecule has 0 spiro atoms. The smallest absolute Gasteiger partial charge is 0.330 e. The zero-order valence-corrected chi connectivity index (χ0v) is 15.2. The topological polar surface area (TPSA) is 105 Å². The van der Waals surface area contributed by atoms with Gasteiger partial charge in [-0.3, -0.25) is 9.59 Å². The molecule has 0 saturated heterocycles. The summed E-state index contributed by atoms with van der Waals surface area (Å²) in [6.45, 7) is 10.4. The van der Waals surface area contributed by atoms with Crippen molar-refractivity contribution in [1.82, 2.24) is 0 Å². The van der Waals surface area contributed by atoms with E-state index in [1.807, 2.05) is 0 Å². The first-order valence-corrected chi connectivity index (χ1v) is 8.18. The van der Waals surface area contributed by atoms with Gasteiger partial charge >= 0.3 is 23.9 Å². The SMILES string of the molecule is C=CC(=O)OCC(C)COC(=O)CCC(=O)OCC(C)COC(=O)C=C. The molecule has 0 aliphatic heterocycles. The van der Waals surface area contributed by atoms with E-state index >= 15 is 0 Å². The molecule has 0 fully saturated rings. The molecule has 0 aromatic rings. The van der Waals surface area contributed by atoms with Crippen molar-refractivity contribution in [3.05, 3.63) is 25.3 Å². The van der Waals surface area contributed by atoms with Crippen molar-refractivity contribution in [3.63, 3.8) is 0 Å². The molecule has 0 aromatic carbocycles. The molecule has 0 N–H and O–H groups in total. The molecule has 0 radical (unpaired) electrons. The highest BCUT2D eigenvalue weighted by Gasteiger charge is 2.13. The van der Waals surface area contributed by atoms with Crippen molar-refractivity contribution in [2.45, 2.75) is 26.7 Å². The fourth-order valence-corrected chi connectivity index (χ4v) is 1.48. The Hall–Kier alpha value is -2.64. The van der Waals surface area contributed by atoms with Crippen LogP contribution in [-0.4, -0.2) is 50.3 Å². The standard InChI is InChI=1S/C18H26O8/c1-5-15(19)23-9-13(3)11-25-17(21)7-8-18(22)26-12-14(4)10-24-16(20)6-2/h5-6,13-14H,1-2,7-12H2,3-4H3. The van der Waals surface area contributed by atoms with Crippen LogP contribution in [0.5, 0.6) is 0 Å². The van der Waals surface area contributed by atoms with Gasteiger partial charge in [0.15, 0.2) is 0 Å². The minimum Gasteiger partial charge on any atom is -0.465 e. The highest BCUT2D eigenvalue weighted by atomic mass is 16.6. The molecule has 2 atom stereocenters. The summed E-state index contributed by atoms with van der Waals surface area (Å²) in [4.78, 5) is 45.0. The lowest BCUT2D eigenvalue weighted by Crippen LogP contribution is -2.20. The molecule has 0 rings (SSSR count). The van der Waals surface area contributed by atoms with Gasteiger partial charge in [-0.05, 0) is 0 Å². The quantitative estimate of drug-likeness (QED) is 0.273. The third-order valence-electron chi connectivity index (χ3n) is 2.94. The van der Waals surface area contributed by atoms with Crippen molar-refractivity contribution < 1.29 is 38.1 Å². The summed E-state index contributed by atoms with van der Waals surface area (Å²) in [6.07, 6.45) is 1.87. The Morgan fingerprint density at radius 1 is 0.692 bits per heavy atom. The van der Waals surface area contributed by atoms with Gasteiger partial charge in [-0.2, -0.15) is 0 Å². The van der Waals surface area contributed by atoms with E-state index < -0.39 is 23.9 Å². The maximum atomic E-state index is 11.6. The molecule has 0 saturated carbocycles. The van der Waals surface area contributed by atoms with Crippen LogP contribution in [0, 0.1) is 11.8 Å². The van der Waals surface area contributed by atoms with Crippen LogP contribution in [-0.2, 0) is 38.1 Å². The molecule has 0 aromatic heterocycles. The van der Waals surface area contributed by atoms with Gasteiger partial charge in [0.25, 0.3) is 0 Å². The maximum absolute atomic E-state index is 11.6. The minimum atomic E-state index is -0.545. The number of hydrogen-bond acceptors (Lipinski definition) is 8. The van der Waals surface area contributed by atoms with Crippen molar-refractivity contribution in [2.75, 3.05) is 26.4 Å². The number of esters is 4. The largest absolute Gasteiger partial charge is 0.465 e. The summed E-state index contributed by atoms with van der Waals surface area (Å²) in [5.41, 5.74) is 0. The van der Waals surface area contributed by atoms with Gasteiger partial charge in [0.1, 0.15) is 0 Å². The van der Waals surface area contributed by atoms with E-state index in [2.05, 4.69) is 13.2 Å². The number of rotatable bonds is 13. The molecule has 26 heavy (non-hydrogen) atoms. The maximum Gasteiger partial charge on any atom is 0.330 e. The Morgan fingerprint density at radius 3 is 1.31 bits per heavy atom. The summed E-state index contributed by atoms with van der Waals surface area (Å²) in [5, 5.41) is 0. The van der Waals surface area contributed by atoms with Gasteiger partial charge in [-0.25, -0.2) is 9.59 Å². The van der Waals surface area contributed by atoms with Crippen LogP contribution in [0.1, 0.15) is 26.7 Å². The lowest BCUT2D eigenvalue weighted by Gasteiger charge is -2.13. The molecule has 2 unspecified atom stereocenters. The van der Waals surface area contributed by atoms with E-state index in [9.17, 15) is 19.2 Å². The normalized spacial score (nSPS) is 12.2. The van der Waals surface area contributed by atoms with E-state index in [1.165, 1.54) is 0 Å². The Kier molecular flexibility index (Phi) is 12.2. The summed E-state index contributed by atoms with van der Waals surface area (Å²) in [5.74, 6) is -2.52. The summed E-state index contributed by atoms with van der Waals surface area (Å²) in [7, 11) is 0. The van der Waals surface area contributed by atoms with Crippen LogP contribution >= 0.6 is 0 Å². The van der Waals surface area contributed by atoms with Gasteiger partial charge in [0, 0.05) is 24.0 Å². The Bertz CT molecular complexity index is 465. The van der Waals surface area contributed by atoms with E-state index in [4.69, 9.17) is 18.9 Å². The van der Waals surface area contributed by atoms with Crippen LogP contribution in [0.15, 0.2) is 25.3 Å². The highest BCUT2D eigenvalue weighted by molar-refractivity contribution is 5.81. The third-order valence-corrected chi connectivity index (χ3v) is 2.94. The van der Waals surface area contributed by atoms with E-state index in [0.29, 0.717) is 0 Å². The third kappa shape index (κ3) is 12.7. The summed E-state index contributed by atoms with van der Waals surface area (Å²) in [6, 6.07) is 0. The first kappa shape index (κ1) is 23.4. The molecular weight excluding hydrogens is 344 g/mol. The van der Waals surface area contributed by atoms with E-state index in [0.717, 1.165) is 12.2 Å². The molecule has 0 heterocycles. The average Bonchev–Trinajstić information content (AvgIpc) is 2.64. The Morgan fingerprint density at radius 2 is 1.00 bits per heavy atom. The van der Waals surface area contributed by atoms with Crippen LogP contribution in [0.2, 0.25) is 0 Å². The molecule has 8 heteroatoms. The van der Waals surface area contributed by atoms with E-state index in [-0.39, 0.29) is 51.1 Å². The minimum absolute atomic E-state index is 0.0734. The zero-order chi connectivity index (χ0) is 19.9. The number of carbonyl (C=O) groups excluding carboxylic acids is 4. The average molecular weight is 370 g/mol. The molecule has 0 aliphatic carbocycles. The van der Waals surface area contributed by atoms with Crippen LogP contribution < -0.4 is 0 Å². The van der Waals surface area contributed by atoms with Gasteiger partial charge in [0.05, 0.1) is 39.3 Å². The van der Waals surface area contributed by atoms with Crippen LogP contribution in [0.3, 0.4) is 0 Å². The fourth-order valence-electron chi connectivity index (χ4n) is 1.48. The molecule has 146 valence electrons. The number of carbonyl (C=O) groups is 4. The van der Waals surface area contributed by atoms with Crippen LogP contribution in [0.4, 0.5) is 0 Å². The molecule has 0 aliphatic rings.